The van der Waals surface area contributed by atoms with Crippen LogP contribution < -0.4 is 10.1 Å². The zero-order valence-corrected chi connectivity index (χ0v) is 17.8. The average molecular weight is 393 g/mol. The van der Waals surface area contributed by atoms with E-state index in [4.69, 9.17) is 4.74 Å². The number of piperidine rings is 1. The number of amides is 1. The lowest BCUT2D eigenvalue weighted by Gasteiger charge is -2.37. The van der Waals surface area contributed by atoms with Crippen LogP contribution in [0, 0.1) is 5.92 Å². The number of benzene rings is 2. The largest absolute Gasteiger partial charge is 0.487 e. The minimum atomic E-state index is -0.304. The molecule has 0 radical (unpaired) electrons. The van der Waals surface area contributed by atoms with Crippen molar-refractivity contribution in [3.63, 3.8) is 0 Å². The first-order chi connectivity index (χ1) is 13.9. The molecule has 2 aliphatic heterocycles. The Morgan fingerprint density at radius 1 is 1.17 bits per heavy atom. The molecule has 0 aliphatic carbocycles. The van der Waals surface area contributed by atoms with Crippen LogP contribution in [0.1, 0.15) is 67.6 Å². The van der Waals surface area contributed by atoms with Crippen molar-refractivity contribution in [3.05, 3.63) is 65.2 Å². The van der Waals surface area contributed by atoms with E-state index >= 15 is 0 Å². The molecule has 1 amide bonds. The Morgan fingerprint density at radius 2 is 1.93 bits per heavy atom. The molecule has 4 nitrogen and oxygen atoms in total. The van der Waals surface area contributed by atoms with Gasteiger partial charge in [-0.2, -0.15) is 0 Å². The highest BCUT2D eigenvalue weighted by Gasteiger charge is 2.34. The lowest BCUT2D eigenvalue weighted by molar-refractivity contribution is 0.0619. The Kier molecular flexibility index (Phi) is 5.64. The highest BCUT2D eigenvalue weighted by atomic mass is 16.5. The van der Waals surface area contributed by atoms with Crippen LogP contribution in [-0.2, 0) is 6.54 Å². The Hall–Kier alpha value is -2.33. The molecule has 154 valence electrons. The minimum absolute atomic E-state index is 0.0272. The van der Waals surface area contributed by atoms with Crippen LogP contribution in [0.2, 0.25) is 0 Å². The highest BCUT2D eigenvalue weighted by Crippen LogP contribution is 2.39. The number of nitrogens with zero attached hydrogens (tertiary/aromatic N) is 1. The maximum absolute atomic E-state index is 12.9. The standard InChI is InChI=1S/C25H32N2O2/c1-18-7-6-14-27(16-18)17-19-10-12-20(13-11-19)24(28)26-22-15-25(2,3)29-23-9-5-4-8-21(22)23/h4-5,8-13,18,22H,6-7,14-17H2,1-3H3,(H,26,28)/t18-,22+/m1/s1. The summed E-state index contributed by atoms with van der Waals surface area (Å²) in [5.41, 5.74) is 2.73. The fourth-order valence-electron chi connectivity index (χ4n) is 4.62. The summed E-state index contributed by atoms with van der Waals surface area (Å²) in [5, 5.41) is 3.22. The van der Waals surface area contributed by atoms with E-state index in [1.807, 2.05) is 36.4 Å². The molecule has 0 saturated carbocycles. The third-order valence-corrected chi connectivity index (χ3v) is 6.05. The molecule has 2 heterocycles. The number of likely N-dealkylation sites (tertiary alicyclic amines) is 1. The minimum Gasteiger partial charge on any atom is -0.487 e. The van der Waals surface area contributed by atoms with Crippen molar-refractivity contribution < 1.29 is 9.53 Å². The topological polar surface area (TPSA) is 41.6 Å². The lowest BCUT2D eigenvalue weighted by atomic mass is 9.89. The molecule has 29 heavy (non-hydrogen) atoms. The SMILES string of the molecule is C[C@@H]1CCCN(Cc2ccc(C(=O)N[C@H]3CC(C)(C)Oc4ccccc43)cc2)C1. The van der Waals surface area contributed by atoms with Gasteiger partial charge < -0.3 is 10.1 Å². The molecule has 0 bridgehead atoms. The van der Waals surface area contributed by atoms with Crippen LogP contribution in [0.3, 0.4) is 0 Å². The van der Waals surface area contributed by atoms with Gasteiger partial charge in [0.2, 0.25) is 0 Å². The summed E-state index contributed by atoms with van der Waals surface area (Å²) in [5.74, 6) is 1.61. The monoisotopic (exact) mass is 392 g/mol. The molecule has 2 aliphatic rings. The van der Waals surface area contributed by atoms with Gasteiger partial charge in [-0.15, -0.1) is 0 Å². The fourth-order valence-corrected chi connectivity index (χ4v) is 4.62. The molecule has 1 saturated heterocycles. The van der Waals surface area contributed by atoms with E-state index < -0.39 is 0 Å². The number of fused-ring (bicyclic) bond motifs is 1. The van der Waals surface area contributed by atoms with E-state index in [0.717, 1.165) is 30.2 Å². The van der Waals surface area contributed by atoms with Crippen LogP contribution in [0.5, 0.6) is 5.75 Å². The number of hydrogen-bond donors (Lipinski definition) is 1. The third-order valence-electron chi connectivity index (χ3n) is 6.05. The van der Waals surface area contributed by atoms with Gasteiger partial charge in [-0.1, -0.05) is 37.3 Å². The van der Waals surface area contributed by atoms with Gasteiger partial charge in [0.15, 0.2) is 0 Å². The Bertz CT molecular complexity index is 859. The van der Waals surface area contributed by atoms with Crippen molar-refractivity contribution in [3.8, 4) is 5.75 Å². The van der Waals surface area contributed by atoms with Gasteiger partial charge in [-0.05, 0) is 62.9 Å². The molecule has 1 N–H and O–H groups in total. The molecule has 4 heteroatoms. The van der Waals surface area contributed by atoms with Crippen LogP contribution in [0.15, 0.2) is 48.5 Å². The number of rotatable bonds is 4. The van der Waals surface area contributed by atoms with Gasteiger partial charge in [0, 0.05) is 30.6 Å². The molecule has 2 atom stereocenters. The van der Waals surface area contributed by atoms with Crippen molar-refractivity contribution in [2.75, 3.05) is 13.1 Å². The smallest absolute Gasteiger partial charge is 0.251 e. The molecule has 2 aromatic rings. The van der Waals surface area contributed by atoms with Gasteiger partial charge in [0.1, 0.15) is 11.4 Å². The first-order valence-corrected chi connectivity index (χ1v) is 10.8. The molecule has 4 rings (SSSR count). The van der Waals surface area contributed by atoms with Gasteiger partial charge >= 0.3 is 0 Å². The summed E-state index contributed by atoms with van der Waals surface area (Å²) in [7, 11) is 0. The second-order valence-electron chi connectivity index (χ2n) is 9.31. The van der Waals surface area contributed by atoms with E-state index in [1.54, 1.807) is 0 Å². The number of hydrogen-bond acceptors (Lipinski definition) is 3. The summed E-state index contributed by atoms with van der Waals surface area (Å²) in [6, 6.07) is 16.0. The van der Waals surface area contributed by atoms with Crippen molar-refractivity contribution in [2.45, 2.75) is 58.2 Å². The number of ether oxygens (including phenoxy) is 1. The van der Waals surface area contributed by atoms with Crippen molar-refractivity contribution in [1.29, 1.82) is 0 Å². The van der Waals surface area contributed by atoms with Crippen molar-refractivity contribution in [1.82, 2.24) is 10.2 Å². The normalized spacial score (nSPS) is 23.7. The third kappa shape index (κ3) is 4.81. The molecule has 0 aromatic heterocycles. The van der Waals surface area contributed by atoms with Crippen LogP contribution >= 0.6 is 0 Å². The number of nitrogens with one attached hydrogen (secondary N) is 1. The summed E-state index contributed by atoms with van der Waals surface area (Å²) in [6.45, 7) is 9.77. The number of carbonyl (C=O) groups excluding carboxylic acids is 1. The summed E-state index contributed by atoms with van der Waals surface area (Å²) >= 11 is 0. The quantitative estimate of drug-likeness (QED) is 0.800. The maximum Gasteiger partial charge on any atom is 0.251 e. The van der Waals surface area contributed by atoms with E-state index in [0.29, 0.717) is 5.56 Å². The van der Waals surface area contributed by atoms with Crippen LogP contribution in [0.25, 0.3) is 0 Å². The zero-order chi connectivity index (χ0) is 20.4. The number of para-hydroxylation sites is 1. The average Bonchev–Trinajstić information content (AvgIpc) is 2.67. The van der Waals surface area contributed by atoms with E-state index in [-0.39, 0.29) is 17.6 Å². The van der Waals surface area contributed by atoms with Crippen molar-refractivity contribution in [2.24, 2.45) is 5.92 Å². The highest BCUT2D eigenvalue weighted by molar-refractivity contribution is 5.94. The fraction of sp³-hybridized carbons (Fsp3) is 0.480. The maximum atomic E-state index is 12.9. The first kappa shape index (κ1) is 20.0. The molecular weight excluding hydrogens is 360 g/mol. The molecule has 0 unspecified atom stereocenters. The Morgan fingerprint density at radius 3 is 2.69 bits per heavy atom. The van der Waals surface area contributed by atoms with E-state index in [1.165, 1.54) is 31.5 Å². The predicted octanol–water partition coefficient (Wildman–Crippen LogP) is 4.95. The zero-order valence-electron chi connectivity index (χ0n) is 17.8. The Labute approximate surface area is 174 Å². The Balaban J connectivity index is 1.42. The summed E-state index contributed by atoms with van der Waals surface area (Å²) in [4.78, 5) is 15.4. The van der Waals surface area contributed by atoms with Gasteiger partial charge in [-0.25, -0.2) is 0 Å². The summed E-state index contributed by atoms with van der Waals surface area (Å²) < 4.78 is 6.08. The molecule has 0 spiro atoms. The van der Waals surface area contributed by atoms with E-state index in [2.05, 4.69) is 43.1 Å². The molecule has 2 aromatic carbocycles. The van der Waals surface area contributed by atoms with E-state index in [9.17, 15) is 4.79 Å². The number of carbonyl (C=O) groups is 1. The van der Waals surface area contributed by atoms with Gasteiger partial charge in [0.25, 0.3) is 5.91 Å². The van der Waals surface area contributed by atoms with Gasteiger partial charge in [-0.3, -0.25) is 9.69 Å². The molecular formula is C25H32N2O2. The predicted molar refractivity (Wildman–Crippen MR) is 116 cm³/mol. The lowest BCUT2D eigenvalue weighted by Crippen LogP contribution is -2.41. The van der Waals surface area contributed by atoms with Crippen LogP contribution in [-0.4, -0.2) is 29.5 Å². The first-order valence-electron chi connectivity index (χ1n) is 10.8. The van der Waals surface area contributed by atoms with Crippen molar-refractivity contribution >= 4 is 5.91 Å². The second kappa shape index (κ2) is 8.19. The summed E-state index contributed by atoms with van der Waals surface area (Å²) in [6.07, 6.45) is 3.37. The van der Waals surface area contributed by atoms with Gasteiger partial charge in [0.05, 0.1) is 6.04 Å². The second-order valence-corrected chi connectivity index (χ2v) is 9.31. The molecule has 1 fully saturated rings. The van der Waals surface area contributed by atoms with Crippen LogP contribution in [0.4, 0.5) is 0 Å².